The summed E-state index contributed by atoms with van der Waals surface area (Å²) in [5.41, 5.74) is 0. The van der Waals surface area contributed by atoms with Crippen molar-refractivity contribution in [2.75, 3.05) is 46.0 Å². The van der Waals surface area contributed by atoms with Crippen LogP contribution in [0, 0.1) is 0 Å². The van der Waals surface area contributed by atoms with Crippen molar-refractivity contribution in [3.8, 4) is 0 Å². The van der Waals surface area contributed by atoms with Crippen molar-refractivity contribution in [1.82, 2.24) is 0 Å². The average Bonchev–Trinajstić information content (AvgIpc) is 2.27. The molecule has 0 aliphatic rings. The van der Waals surface area contributed by atoms with E-state index in [0.29, 0.717) is 26.4 Å². The summed E-state index contributed by atoms with van der Waals surface area (Å²) in [7, 11) is 1.31. The van der Waals surface area contributed by atoms with Crippen molar-refractivity contribution < 1.29 is 18.3 Å². The van der Waals surface area contributed by atoms with E-state index in [4.69, 9.17) is 18.3 Å². The summed E-state index contributed by atoms with van der Waals surface area (Å²) in [6.45, 7) is 4.54. The van der Waals surface area contributed by atoms with Gasteiger partial charge in [0, 0.05) is 19.5 Å². The van der Waals surface area contributed by atoms with Gasteiger partial charge in [0.1, 0.15) is 0 Å². The summed E-state index contributed by atoms with van der Waals surface area (Å²) >= 11 is 3.43. The van der Waals surface area contributed by atoms with Crippen LogP contribution in [0.15, 0.2) is 0 Å². The molecule has 0 aromatic rings. The van der Waals surface area contributed by atoms with Gasteiger partial charge in [-0.1, -0.05) is 15.9 Å². The van der Waals surface area contributed by atoms with Gasteiger partial charge in [0.05, 0.1) is 26.4 Å². The second-order valence-corrected chi connectivity index (χ2v) is 7.75. The number of ether oxygens (including phenoxy) is 2. The van der Waals surface area contributed by atoms with Gasteiger partial charge in [0.2, 0.25) is 0 Å². The quantitative estimate of drug-likeness (QED) is 0.333. The Labute approximate surface area is 108 Å². The van der Waals surface area contributed by atoms with E-state index >= 15 is 0 Å². The van der Waals surface area contributed by atoms with Crippen molar-refractivity contribution in [2.45, 2.75) is 19.0 Å². The number of halogens is 1. The molecule has 0 fully saturated rings. The van der Waals surface area contributed by atoms with Crippen LogP contribution in [-0.2, 0) is 18.3 Å². The van der Waals surface area contributed by atoms with E-state index in [0.717, 1.165) is 17.8 Å². The molecule has 4 nitrogen and oxygen atoms in total. The fourth-order valence-electron chi connectivity index (χ4n) is 1.26. The number of rotatable bonds is 11. The maximum absolute atomic E-state index is 5.83. The zero-order valence-electron chi connectivity index (χ0n) is 10.5. The standard InChI is InChI=1S/C10H23BrO4Si/c1-12-6-8-14-16(3,10-4-5-11)15-9-7-13-2/h4-10H2,1-3H3. The fraction of sp³-hybridized carbons (Fsp3) is 1.00. The molecule has 0 spiro atoms. The van der Waals surface area contributed by atoms with Crippen molar-refractivity contribution in [1.29, 1.82) is 0 Å². The largest absolute Gasteiger partial charge is 0.392 e. The Morgan fingerprint density at radius 1 is 0.938 bits per heavy atom. The molecule has 0 aromatic carbocycles. The monoisotopic (exact) mass is 314 g/mol. The minimum absolute atomic E-state index is 0.606. The summed E-state index contributed by atoms with van der Waals surface area (Å²) in [6, 6.07) is 0.992. The SMILES string of the molecule is COCCO[Si](C)(CCCBr)OCCOC. The highest BCUT2D eigenvalue weighted by molar-refractivity contribution is 9.09. The van der Waals surface area contributed by atoms with Gasteiger partial charge in [0.25, 0.3) is 0 Å². The molecular formula is C10H23BrO4Si. The van der Waals surface area contributed by atoms with Gasteiger partial charge in [0.15, 0.2) is 0 Å². The van der Waals surface area contributed by atoms with Gasteiger partial charge in [-0.3, -0.25) is 0 Å². The van der Waals surface area contributed by atoms with E-state index in [1.54, 1.807) is 14.2 Å². The third kappa shape index (κ3) is 8.66. The number of hydrogen-bond acceptors (Lipinski definition) is 4. The van der Waals surface area contributed by atoms with E-state index < -0.39 is 8.56 Å². The summed E-state index contributed by atoms with van der Waals surface area (Å²) in [6.07, 6.45) is 1.07. The highest BCUT2D eigenvalue weighted by Crippen LogP contribution is 2.16. The van der Waals surface area contributed by atoms with Gasteiger partial charge in [-0.25, -0.2) is 0 Å². The van der Waals surface area contributed by atoms with Crippen LogP contribution in [0.2, 0.25) is 12.6 Å². The third-order valence-corrected chi connectivity index (χ3v) is 5.61. The van der Waals surface area contributed by atoms with Gasteiger partial charge < -0.3 is 18.3 Å². The third-order valence-electron chi connectivity index (χ3n) is 2.15. The van der Waals surface area contributed by atoms with Crippen LogP contribution < -0.4 is 0 Å². The van der Waals surface area contributed by atoms with E-state index in [9.17, 15) is 0 Å². The first kappa shape index (κ1) is 16.5. The predicted octanol–water partition coefficient (Wildman–Crippen LogP) is 2.17. The topological polar surface area (TPSA) is 36.9 Å². The molecule has 0 saturated heterocycles. The number of alkyl halides is 1. The van der Waals surface area contributed by atoms with Gasteiger partial charge in [-0.15, -0.1) is 0 Å². The van der Waals surface area contributed by atoms with Crippen LogP contribution in [0.4, 0.5) is 0 Å². The van der Waals surface area contributed by atoms with Crippen LogP contribution in [0.5, 0.6) is 0 Å². The summed E-state index contributed by atoms with van der Waals surface area (Å²) in [5, 5.41) is 0.983. The maximum Gasteiger partial charge on any atom is 0.335 e. The normalized spacial score (nSPS) is 12.0. The number of hydrogen-bond donors (Lipinski definition) is 0. The smallest absolute Gasteiger partial charge is 0.335 e. The lowest BCUT2D eigenvalue weighted by atomic mass is 10.6. The van der Waals surface area contributed by atoms with Gasteiger partial charge >= 0.3 is 8.56 Å². The highest BCUT2D eigenvalue weighted by atomic mass is 79.9. The van der Waals surface area contributed by atoms with Crippen molar-refractivity contribution in [3.05, 3.63) is 0 Å². The molecule has 0 bridgehead atoms. The molecule has 0 aromatic heterocycles. The molecule has 0 radical (unpaired) electrons. The Balaban J connectivity index is 3.91. The summed E-state index contributed by atoms with van der Waals surface area (Å²) in [4.78, 5) is 0. The molecule has 0 aliphatic carbocycles. The minimum atomic E-state index is -2.03. The van der Waals surface area contributed by atoms with E-state index in [2.05, 4.69) is 22.5 Å². The molecule has 0 atom stereocenters. The molecule has 16 heavy (non-hydrogen) atoms. The molecule has 0 unspecified atom stereocenters. The van der Waals surface area contributed by atoms with Gasteiger partial charge in [-0.05, 0) is 19.0 Å². The van der Waals surface area contributed by atoms with Gasteiger partial charge in [-0.2, -0.15) is 0 Å². The van der Waals surface area contributed by atoms with Crippen molar-refractivity contribution in [2.24, 2.45) is 0 Å². The molecule has 98 valence electrons. The number of methoxy groups -OCH3 is 2. The first-order valence-corrected chi connectivity index (χ1v) is 9.15. The molecule has 0 heterocycles. The lowest BCUT2D eigenvalue weighted by Gasteiger charge is -2.26. The zero-order chi connectivity index (χ0) is 12.3. The Bertz CT molecular complexity index is 150. The predicted molar refractivity (Wildman–Crippen MR) is 70.5 cm³/mol. The van der Waals surface area contributed by atoms with E-state index in [-0.39, 0.29) is 0 Å². The Kier molecular flexibility index (Phi) is 11.0. The highest BCUT2D eigenvalue weighted by Gasteiger charge is 2.30. The van der Waals surface area contributed by atoms with Crippen LogP contribution in [0.3, 0.4) is 0 Å². The average molecular weight is 315 g/mol. The molecule has 0 aliphatic heterocycles. The lowest BCUT2D eigenvalue weighted by molar-refractivity contribution is 0.0884. The van der Waals surface area contributed by atoms with Crippen molar-refractivity contribution in [3.63, 3.8) is 0 Å². The minimum Gasteiger partial charge on any atom is -0.392 e. The molecule has 0 amide bonds. The van der Waals surface area contributed by atoms with Crippen molar-refractivity contribution >= 4 is 24.5 Å². The molecule has 0 rings (SSSR count). The zero-order valence-corrected chi connectivity index (χ0v) is 13.0. The fourth-order valence-corrected chi connectivity index (χ4v) is 4.27. The van der Waals surface area contributed by atoms with E-state index in [1.165, 1.54) is 0 Å². The first-order chi connectivity index (χ1) is 7.68. The molecule has 6 heteroatoms. The Hall–Kier alpha value is 0.537. The molecule has 0 saturated carbocycles. The maximum atomic E-state index is 5.83. The Morgan fingerprint density at radius 2 is 1.44 bits per heavy atom. The van der Waals surface area contributed by atoms with Crippen LogP contribution >= 0.6 is 15.9 Å². The second-order valence-electron chi connectivity index (χ2n) is 3.61. The van der Waals surface area contributed by atoms with Crippen LogP contribution in [0.1, 0.15) is 6.42 Å². The molecule has 0 N–H and O–H groups in total. The second kappa shape index (κ2) is 10.7. The lowest BCUT2D eigenvalue weighted by Crippen LogP contribution is -2.40. The van der Waals surface area contributed by atoms with E-state index in [1.807, 2.05) is 0 Å². The summed E-state index contributed by atoms with van der Waals surface area (Å²) < 4.78 is 21.6. The summed E-state index contributed by atoms with van der Waals surface area (Å²) in [5.74, 6) is 0. The first-order valence-electron chi connectivity index (χ1n) is 5.50. The van der Waals surface area contributed by atoms with Crippen LogP contribution in [-0.4, -0.2) is 54.5 Å². The molecular weight excluding hydrogens is 292 g/mol. The Morgan fingerprint density at radius 3 is 1.81 bits per heavy atom. The van der Waals surface area contributed by atoms with Crippen LogP contribution in [0.25, 0.3) is 0 Å².